The van der Waals surface area contributed by atoms with Crippen LogP contribution in [0.5, 0.6) is 0 Å². The van der Waals surface area contributed by atoms with Crippen LogP contribution < -0.4 is 5.32 Å². The van der Waals surface area contributed by atoms with Crippen molar-refractivity contribution in [2.75, 3.05) is 5.32 Å². The molecule has 0 atom stereocenters. The van der Waals surface area contributed by atoms with E-state index in [1.165, 1.54) is 12.1 Å². The fraction of sp³-hybridized carbons (Fsp3) is 0.0769. The average Bonchev–Trinajstić information content (AvgIpc) is 2.29. The quantitative estimate of drug-likeness (QED) is 0.618. The van der Waals surface area contributed by atoms with Gasteiger partial charge in [0, 0.05) is 6.08 Å². The second kappa shape index (κ2) is 6.27. The van der Waals surface area contributed by atoms with Gasteiger partial charge in [0.05, 0.1) is 11.3 Å². The van der Waals surface area contributed by atoms with E-state index in [9.17, 15) is 9.59 Å². The zero-order valence-corrected chi connectivity index (χ0v) is 9.38. The Labute approximate surface area is 99.3 Å². The number of carboxylic acid groups (broad SMARTS) is 1. The number of nitrogens with one attached hydrogen (secondary N) is 1. The maximum absolute atomic E-state index is 11.4. The molecule has 1 aromatic carbocycles. The summed E-state index contributed by atoms with van der Waals surface area (Å²) in [6.07, 6.45) is 6.41. The van der Waals surface area contributed by atoms with Crippen molar-refractivity contribution in [3.63, 3.8) is 0 Å². The van der Waals surface area contributed by atoms with Gasteiger partial charge in [-0.15, -0.1) is 0 Å². The molecule has 0 aliphatic rings. The van der Waals surface area contributed by atoms with Crippen molar-refractivity contribution in [1.82, 2.24) is 0 Å². The Bertz CT molecular complexity index is 475. The normalized spacial score (nSPS) is 10.9. The smallest absolute Gasteiger partial charge is 0.337 e. The third-order valence-corrected chi connectivity index (χ3v) is 1.97. The summed E-state index contributed by atoms with van der Waals surface area (Å²) in [4.78, 5) is 22.3. The number of para-hydroxylation sites is 1. The Kier molecular flexibility index (Phi) is 4.69. The Morgan fingerprint density at radius 2 is 1.94 bits per heavy atom. The topological polar surface area (TPSA) is 66.4 Å². The summed E-state index contributed by atoms with van der Waals surface area (Å²) in [7, 11) is 0. The highest BCUT2D eigenvalue weighted by Crippen LogP contribution is 2.14. The zero-order chi connectivity index (χ0) is 12.7. The van der Waals surface area contributed by atoms with Gasteiger partial charge < -0.3 is 10.4 Å². The van der Waals surface area contributed by atoms with Crippen LogP contribution in [0.4, 0.5) is 5.69 Å². The lowest BCUT2D eigenvalue weighted by Crippen LogP contribution is -2.11. The highest BCUT2D eigenvalue weighted by Gasteiger charge is 2.09. The number of hydrogen-bond acceptors (Lipinski definition) is 2. The molecule has 1 rings (SSSR count). The van der Waals surface area contributed by atoms with Crippen LogP contribution >= 0.6 is 0 Å². The lowest BCUT2D eigenvalue weighted by Gasteiger charge is -2.05. The summed E-state index contributed by atoms with van der Waals surface area (Å²) in [5, 5.41) is 11.4. The van der Waals surface area contributed by atoms with Gasteiger partial charge in [0.15, 0.2) is 0 Å². The van der Waals surface area contributed by atoms with Gasteiger partial charge in [-0.05, 0) is 19.1 Å². The maximum Gasteiger partial charge on any atom is 0.337 e. The van der Waals surface area contributed by atoms with E-state index in [1.54, 1.807) is 36.4 Å². The molecule has 0 aromatic heterocycles. The van der Waals surface area contributed by atoms with Gasteiger partial charge in [-0.3, -0.25) is 4.79 Å². The number of hydrogen-bond donors (Lipinski definition) is 2. The molecule has 0 radical (unpaired) electrons. The summed E-state index contributed by atoms with van der Waals surface area (Å²) in [6.45, 7) is 1.84. The van der Waals surface area contributed by atoms with E-state index in [0.29, 0.717) is 0 Å². The number of carbonyl (C=O) groups is 2. The Morgan fingerprint density at radius 3 is 2.59 bits per heavy atom. The van der Waals surface area contributed by atoms with Crippen molar-refractivity contribution < 1.29 is 14.7 Å². The molecule has 0 spiro atoms. The van der Waals surface area contributed by atoms with E-state index >= 15 is 0 Å². The number of carbonyl (C=O) groups excluding carboxylic acids is 1. The minimum Gasteiger partial charge on any atom is -0.478 e. The molecule has 4 heteroatoms. The number of rotatable bonds is 4. The van der Waals surface area contributed by atoms with E-state index in [2.05, 4.69) is 5.32 Å². The molecule has 0 aliphatic heterocycles. The molecule has 0 heterocycles. The zero-order valence-electron chi connectivity index (χ0n) is 9.38. The fourth-order valence-corrected chi connectivity index (χ4v) is 1.21. The summed E-state index contributed by atoms with van der Waals surface area (Å²) in [5.41, 5.74) is 0.357. The van der Waals surface area contributed by atoms with Gasteiger partial charge >= 0.3 is 5.97 Å². The fourth-order valence-electron chi connectivity index (χ4n) is 1.21. The summed E-state index contributed by atoms with van der Waals surface area (Å²) in [6, 6.07) is 6.25. The number of amides is 1. The monoisotopic (exact) mass is 231 g/mol. The van der Waals surface area contributed by atoms with Crippen molar-refractivity contribution in [3.8, 4) is 0 Å². The summed E-state index contributed by atoms with van der Waals surface area (Å²) in [5.74, 6) is -1.44. The largest absolute Gasteiger partial charge is 0.478 e. The molecule has 0 fully saturated rings. The van der Waals surface area contributed by atoms with E-state index in [-0.39, 0.29) is 17.2 Å². The number of allylic oxidation sites excluding steroid dienone is 3. The van der Waals surface area contributed by atoms with Crippen molar-refractivity contribution >= 4 is 17.6 Å². The van der Waals surface area contributed by atoms with Crippen LogP contribution in [0.1, 0.15) is 17.3 Å². The summed E-state index contributed by atoms with van der Waals surface area (Å²) < 4.78 is 0. The number of benzene rings is 1. The molecule has 0 bridgehead atoms. The van der Waals surface area contributed by atoms with Crippen LogP contribution in [0.15, 0.2) is 48.6 Å². The maximum atomic E-state index is 11.4. The minimum absolute atomic E-state index is 0.0697. The third kappa shape index (κ3) is 3.95. The minimum atomic E-state index is -1.07. The molecule has 1 aromatic rings. The molecule has 4 nitrogen and oxygen atoms in total. The van der Waals surface area contributed by atoms with E-state index < -0.39 is 5.97 Å². The highest BCUT2D eigenvalue weighted by molar-refractivity contribution is 6.04. The predicted octanol–water partition coefficient (Wildman–Crippen LogP) is 2.46. The first-order valence-corrected chi connectivity index (χ1v) is 5.08. The van der Waals surface area contributed by atoms with Gasteiger partial charge in [-0.25, -0.2) is 4.79 Å². The van der Waals surface area contributed by atoms with Gasteiger partial charge in [-0.2, -0.15) is 0 Å². The van der Waals surface area contributed by atoms with Gasteiger partial charge in [-0.1, -0.05) is 30.4 Å². The van der Waals surface area contributed by atoms with Crippen LogP contribution in [0.25, 0.3) is 0 Å². The summed E-state index contributed by atoms with van der Waals surface area (Å²) >= 11 is 0. The SMILES string of the molecule is C/C=C/C=C/C(=O)Nc1ccccc1C(=O)O. The number of anilines is 1. The molecule has 0 saturated heterocycles. The molecule has 17 heavy (non-hydrogen) atoms. The Balaban J connectivity index is 2.81. The second-order valence-corrected chi connectivity index (χ2v) is 3.22. The lowest BCUT2D eigenvalue weighted by molar-refractivity contribution is -0.111. The number of aromatic carboxylic acids is 1. The van der Waals surface area contributed by atoms with Crippen LogP contribution in [0.3, 0.4) is 0 Å². The van der Waals surface area contributed by atoms with E-state index in [4.69, 9.17) is 5.11 Å². The first kappa shape index (κ1) is 12.7. The molecule has 2 N–H and O–H groups in total. The first-order valence-electron chi connectivity index (χ1n) is 5.08. The molecular formula is C13H13NO3. The van der Waals surface area contributed by atoms with Crippen LogP contribution in [-0.2, 0) is 4.79 Å². The van der Waals surface area contributed by atoms with Crippen LogP contribution in [0.2, 0.25) is 0 Å². The van der Waals surface area contributed by atoms with Crippen molar-refractivity contribution in [3.05, 3.63) is 54.1 Å². The Morgan fingerprint density at radius 1 is 1.24 bits per heavy atom. The molecule has 0 aliphatic carbocycles. The molecule has 1 amide bonds. The van der Waals surface area contributed by atoms with Gasteiger partial charge in [0.2, 0.25) is 5.91 Å². The van der Waals surface area contributed by atoms with Crippen LogP contribution in [0, 0.1) is 0 Å². The van der Waals surface area contributed by atoms with E-state index in [1.807, 2.05) is 6.92 Å². The van der Waals surface area contributed by atoms with E-state index in [0.717, 1.165) is 0 Å². The molecule has 0 saturated carbocycles. The number of carboxylic acids is 1. The third-order valence-electron chi connectivity index (χ3n) is 1.97. The Hall–Kier alpha value is -2.36. The molecule has 88 valence electrons. The van der Waals surface area contributed by atoms with Crippen molar-refractivity contribution in [2.24, 2.45) is 0 Å². The van der Waals surface area contributed by atoms with Crippen molar-refractivity contribution in [1.29, 1.82) is 0 Å². The van der Waals surface area contributed by atoms with Gasteiger partial charge in [0.1, 0.15) is 0 Å². The van der Waals surface area contributed by atoms with Crippen molar-refractivity contribution in [2.45, 2.75) is 6.92 Å². The van der Waals surface area contributed by atoms with Crippen LogP contribution in [-0.4, -0.2) is 17.0 Å². The first-order chi connectivity index (χ1) is 8.15. The predicted molar refractivity (Wildman–Crippen MR) is 66.0 cm³/mol. The molecule has 0 unspecified atom stereocenters. The molecular weight excluding hydrogens is 218 g/mol. The lowest BCUT2D eigenvalue weighted by atomic mass is 10.2. The second-order valence-electron chi connectivity index (χ2n) is 3.22. The average molecular weight is 231 g/mol. The standard InChI is InChI=1S/C13H13NO3/c1-2-3-4-9-12(15)14-11-8-6-5-7-10(11)13(16)17/h2-9H,1H3,(H,14,15)(H,16,17)/b3-2+,9-4+. The highest BCUT2D eigenvalue weighted by atomic mass is 16.4. The van der Waals surface area contributed by atoms with Gasteiger partial charge in [0.25, 0.3) is 0 Å².